The number of nitrogens with zero attached hydrogens (tertiary/aromatic N) is 3. The van der Waals surface area contributed by atoms with Crippen LogP contribution in [0, 0.1) is 11.3 Å². The number of amides is 1. The van der Waals surface area contributed by atoms with Gasteiger partial charge in [0.1, 0.15) is 11.6 Å². The average Bonchev–Trinajstić information content (AvgIpc) is 3.13. The van der Waals surface area contributed by atoms with E-state index in [1.165, 1.54) is 27.4 Å². The number of nitrogens with one attached hydrogen (secondary N) is 1. The van der Waals surface area contributed by atoms with Crippen molar-refractivity contribution in [1.82, 2.24) is 10.2 Å². The molecule has 0 aliphatic rings. The third kappa shape index (κ3) is 4.76. The summed E-state index contributed by atoms with van der Waals surface area (Å²) in [5, 5.41) is 18.7. The van der Waals surface area contributed by atoms with Crippen molar-refractivity contribution in [2.24, 2.45) is 0 Å². The van der Waals surface area contributed by atoms with Gasteiger partial charge in [0.15, 0.2) is 11.5 Å². The van der Waals surface area contributed by atoms with Crippen LogP contribution < -0.4 is 19.5 Å². The fourth-order valence-electron chi connectivity index (χ4n) is 2.07. The number of rotatable bonds is 7. The second-order valence-electron chi connectivity index (χ2n) is 5.23. The number of methoxy groups -OCH3 is 3. The van der Waals surface area contributed by atoms with E-state index in [0.29, 0.717) is 34.1 Å². The van der Waals surface area contributed by atoms with Crippen LogP contribution in [0.1, 0.15) is 5.56 Å². The number of hydrogen-bond acceptors (Lipinski definition) is 10. The second kappa shape index (κ2) is 8.68. The number of aromatic nitrogens is 2. The van der Waals surface area contributed by atoms with Crippen molar-refractivity contribution in [2.45, 2.75) is 4.34 Å². The van der Waals surface area contributed by atoms with E-state index in [9.17, 15) is 18.5 Å². The van der Waals surface area contributed by atoms with Gasteiger partial charge in [0, 0.05) is 6.26 Å². The number of ether oxygens (including phenoxy) is 3. The molecule has 1 N–H and O–H groups in total. The molecule has 2 aromatic rings. The van der Waals surface area contributed by atoms with E-state index >= 15 is 0 Å². The Kier molecular flexibility index (Phi) is 6.55. The summed E-state index contributed by atoms with van der Waals surface area (Å²) in [6.07, 6.45) is 2.29. The van der Waals surface area contributed by atoms with Crippen LogP contribution in [-0.2, 0) is 14.6 Å². The lowest BCUT2D eigenvalue weighted by atomic mass is 10.1. The van der Waals surface area contributed by atoms with E-state index < -0.39 is 15.7 Å². The van der Waals surface area contributed by atoms with E-state index in [1.807, 2.05) is 0 Å². The summed E-state index contributed by atoms with van der Waals surface area (Å²) >= 11 is 0.684. The molecule has 148 valence electrons. The summed E-state index contributed by atoms with van der Waals surface area (Å²) in [6, 6.07) is 4.92. The second-order valence-corrected chi connectivity index (χ2v) is 8.39. The summed E-state index contributed by atoms with van der Waals surface area (Å²) < 4.78 is 38.3. The molecule has 1 aromatic carbocycles. The minimum Gasteiger partial charge on any atom is -0.493 e. The Morgan fingerprint density at radius 3 is 2.21 bits per heavy atom. The third-order valence-electron chi connectivity index (χ3n) is 3.31. The number of sulfone groups is 1. The van der Waals surface area contributed by atoms with Crippen LogP contribution in [0.15, 0.2) is 22.0 Å². The number of nitriles is 1. The van der Waals surface area contributed by atoms with Crippen LogP contribution in [0.25, 0.3) is 6.08 Å². The van der Waals surface area contributed by atoms with Gasteiger partial charge in [-0.25, -0.2) is 8.42 Å². The Morgan fingerprint density at radius 2 is 1.79 bits per heavy atom. The van der Waals surface area contributed by atoms with Crippen molar-refractivity contribution in [3.8, 4) is 23.3 Å². The molecule has 1 heterocycles. The highest BCUT2D eigenvalue weighted by atomic mass is 32.2. The van der Waals surface area contributed by atoms with Gasteiger partial charge in [0.25, 0.3) is 5.91 Å². The summed E-state index contributed by atoms with van der Waals surface area (Å²) in [4.78, 5) is 12.3. The van der Waals surface area contributed by atoms with Gasteiger partial charge in [0.05, 0.1) is 21.3 Å². The lowest BCUT2D eigenvalue weighted by Crippen LogP contribution is -2.13. The maximum atomic E-state index is 12.3. The monoisotopic (exact) mass is 424 g/mol. The van der Waals surface area contributed by atoms with E-state index in [0.717, 1.165) is 6.26 Å². The molecule has 0 fully saturated rings. The lowest BCUT2D eigenvalue weighted by molar-refractivity contribution is -0.112. The molecule has 0 spiro atoms. The molecule has 0 atom stereocenters. The minimum absolute atomic E-state index is 0.0449. The van der Waals surface area contributed by atoms with Gasteiger partial charge < -0.3 is 14.2 Å². The molecule has 0 saturated carbocycles. The molecule has 0 aliphatic carbocycles. The number of hydrogen-bond donors (Lipinski definition) is 1. The number of carbonyl (C=O) groups is 1. The highest BCUT2D eigenvalue weighted by Gasteiger charge is 2.18. The van der Waals surface area contributed by atoms with Crippen molar-refractivity contribution >= 4 is 38.3 Å². The zero-order valence-corrected chi connectivity index (χ0v) is 17.0. The van der Waals surface area contributed by atoms with Crippen molar-refractivity contribution in [1.29, 1.82) is 5.26 Å². The van der Waals surface area contributed by atoms with Crippen LogP contribution >= 0.6 is 11.3 Å². The molecule has 28 heavy (non-hydrogen) atoms. The van der Waals surface area contributed by atoms with Gasteiger partial charge >= 0.3 is 0 Å². The zero-order valence-electron chi connectivity index (χ0n) is 15.3. The fraction of sp³-hybridized carbons (Fsp3) is 0.250. The summed E-state index contributed by atoms with van der Waals surface area (Å²) in [6.45, 7) is 0. The van der Waals surface area contributed by atoms with Gasteiger partial charge in [0.2, 0.25) is 25.1 Å². The van der Waals surface area contributed by atoms with Crippen molar-refractivity contribution < 1.29 is 27.4 Å². The number of anilines is 1. The van der Waals surface area contributed by atoms with E-state index in [1.54, 1.807) is 18.2 Å². The molecule has 12 heteroatoms. The summed E-state index contributed by atoms with van der Waals surface area (Å²) in [7, 11) is 0.799. The van der Waals surface area contributed by atoms with Crippen molar-refractivity contribution in [3.63, 3.8) is 0 Å². The topological polar surface area (TPSA) is 140 Å². The molecule has 0 aliphatic heterocycles. The fourth-order valence-corrected chi connectivity index (χ4v) is 3.58. The molecular formula is C16H16N4O6S2. The molecule has 0 radical (unpaired) electrons. The van der Waals surface area contributed by atoms with Gasteiger partial charge in [-0.1, -0.05) is 11.3 Å². The van der Waals surface area contributed by atoms with Crippen molar-refractivity contribution in [2.75, 3.05) is 32.9 Å². The highest BCUT2D eigenvalue weighted by molar-refractivity contribution is 7.92. The Balaban J connectivity index is 2.34. The SMILES string of the molecule is COc1cc(/C=C(/C#N)C(=O)Nc2nnc(S(C)(=O)=O)s2)cc(OC)c1OC. The average molecular weight is 424 g/mol. The molecule has 1 aromatic heterocycles. The maximum absolute atomic E-state index is 12.3. The first-order valence-corrected chi connectivity index (χ1v) is 10.2. The summed E-state index contributed by atoms with van der Waals surface area (Å²) in [5.74, 6) is 0.306. The largest absolute Gasteiger partial charge is 0.493 e. The Bertz CT molecular complexity index is 1040. The number of carbonyl (C=O) groups excluding carboxylic acids is 1. The van der Waals surface area contributed by atoms with Gasteiger partial charge in [-0.2, -0.15) is 5.26 Å². The molecular weight excluding hydrogens is 408 g/mol. The summed E-state index contributed by atoms with van der Waals surface area (Å²) in [5.41, 5.74) is 0.209. The normalized spacial score (nSPS) is 11.5. The molecule has 0 saturated heterocycles. The Labute approximate surface area is 165 Å². The molecule has 10 nitrogen and oxygen atoms in total. The molecule has 0 bridgehead atoms. The zero-order chi connectivity index (χ0) is 20.9. The highest BCUT2D eigenvalue weighted by Crippen LogP contribution is 2.38. The minimum atomic E-state index is -3.54. The Hall–Kier alpha value is -3.17. The first kappa shape index (κ1) is 21.1. The third-order valence-corrected chi connectivity index (χ3v) is 5.81. The van der Waals surface area contributed by atoms with E-state index in [-0.39, 0.29) is 15.0 Å². The van der Waals surface area contributed by atoms with Crippen LogP contribution in [0.4, 0.5) is 5.13 Å². The maximum Gasteiger partial charge on any atom is 0.268 e. The Morgan fingerprint density at radius 1 is 1.18 bits per heavy atom. The van der Waals surface area contributed by atoms with E-state index in [4.69, 9.17) is 14.2 Å². The predicted molar refractivity (Wildman–Crippen MR) is 101 cm³/mol. The smallest absolute Gasteiger partial charge is 0.268 e. The van der Waals surface area contributed by atoms with Crippen molar-refractivity contribution in [3.05, 3.63) is 23.3 Å². The molecule has 0 unspecified atom stereocenters. The predicted octanol–water partition coefficient (Wildman–Crippen LogP) is 1.51. The van der Waals surface area contributed by atoms with Crippen LogP contribution in [0.3, 0.4) is 0 Å². The first-order valence-electron chi connectivity index (χ1n) is 7.50. The van der Waals surface area contributed by atoms with Crippen LogP contribution in [-0.4, -0.2) is 52.1 Å². The molecule has 1 amide bonds. The number of benzene rings is 1. The van der Waals surface area contributed by atoms with Gasteiger partial charge in [-0.05, 0) is 23.8 Å². The first-order chi connectivity index (χ1) is 13.2. The van der Waals surface area contributed by atoms with Crippen LogP contribution in [0.5, 0.6) is 17.2 Å². The van der Waals surface area contributed by atoms with E-state index in [2.05, 4.69) is 15.5 Å². The molecule has 2 rings (SSSR count). The quantitative estimate of drug-likeness (QED) is 0.398. The van der Waals surface area contributed by atoms with Crippen LogP contribution in [0.2, 0.25) is 0 Å². The van der Waals surface area contributed by atoms with Gasteiger partial charge in [-0.3, -0.25) is 10.1 Å². The lowest BCUT2D eigenvalue weighted by Gasteiger charge is -2.13. The standard InChI is InChI=1S/C16H16N4O6S2/c1-24-11-6-9(7-12(25-2)13(11)26-3)5-10(8-17)14(21)18-15-19-20-16(27-15)28(4,22)23/h5-7H,1-4H3,(H,18,19,21)/b10-5-. The van der Waals surface area contributed by atoms with Gasteiger partial charge in [-0.15, -0.1) is 10.2 Å².